The van der Waals surface area contributed by atoms with E-state index in [1.165, 1.54) is 0 Å². The number of aliphatic carboxylic acids is 1. The third-order valence-corrected chi connectivity index (χ3v) is 4.75. The van der Waals surface area contributed by atoms with Crippen LogP contribution in [0.2, 0.25) is 0 Å². The summed E-state index contributed by atoms with van der Waals surface area (Å²) in [6.07, 6.45) is 0.345. The van der Waals surface area contributed by atoms with Gasteiger partial charge in [-0.05, 0) is 37.0 Å². The second-order valence-corrected chi connectivity index (χ2v) is 8.01. The van der Waals surface area contributed by atoms with Crippen LogP contribution in [0.5, 0.6) is 0 Å². The fraction of sp³-hybridized carbons (Fsp3) is 0.500. The van der Waals surface area contributed by atoms with Gasteiger partial charge in [0.1, 0.15) is 6.04 Å². The van der Waals surface area contributed by atoms with Crippen LogP contribution >= 0.6 is 0 Å². The van der Waals surface area contributed by atoms with Gasteiger partial charge in [0, 0.05) is 12.1 Å². The number of sulfonamides is 1. The number of carboxylic acid groups (broad SMARTS) is 1. The Labute approximate surface area is 142 Å². The molecule has 0 spiro atoms. The first-order chi connectivity index (χ1) is 11.1. The van der Waals surface area contributed by atoms with Crippen LogP contribution in [0.25, 0.3) is 0 Å². The lowest BCUT2D eigenvalue weighted by Gasteiger charge is -2.16. The van der Waals surface area contributed by atoms with Crippen LogP contribution in [-0.4, -0.2) is 37.2 Å². The van der Waals surface area contributed by atoms with E-state index < -0.39 is 27.9 Å². The van der Waals surface area contributed by atoms with Crippen molar-refractivity contribution in [3.05, 3.63) is 35.4 Å². The van der Waals surface area contributed by atoms with E-state index in [4.69, 9.17) is 5.11 Å². The molecule has 0 unspecified atom stereocenters. The summed E-state index contributed by atoms with van der Waals surface area (Å²) in [6, 6.07) is 5.41. The van der Waals surface area contributed by atoms with Crippen LogP contribution in [0.4, 0.5) is 0 Å². The molecule has 0 aromatic heterocycles. The molecule has 7 nitrogen and oxygen atoms in total. The number of amides is 1. The van der Waals surface area contributed by atoms with E-state index >= 15 is 0 Å². The maximum Gasteiger partial charge on any atom is 0.326 e. The minimum Gasteiger partial charge on any atom is -0.480 e. The molecular formula is C16H24N2O5S. The Morgan fingerprint density at radius 1 is 1.17 bits per heavy atom. The highest BCUT2D eigenvalue weighted by Gasteiger charge is 2.21. The van der Waals surface area contributed by atoms with Crippen molar-refractivity contribution >= 4 is 21.9 Å². The van der Waals surface area contributed by atoms with Crippen molar-refractivity contribution in [3.8, 4) is 0 Å². The topological polar surface area (TPSA) is 113 Å². The van der Waals surface area contributed by atoms with Crippen molar-refractivity contribution < 1.29 is 23.1 Å². The molecule has 0 bridgehead atoms. The Morgan fingerprint density at radius 2 is 1.75 bits per heavy atom. The zero-order chi connectivity index (χ0) is 18.3. The highest BCUT2D eigenvalue weighted by atomic mass is 32.2. The number of hydrogen-bond acceptors (Lipinski definition) is 4. The molecule has 0 saturated carbocycles. The molecule has 1 atom stereocenters. The lowest BCUT2D eigenvalue weighted by atomic mass is 10.0. The fourth-order valence-corrected chi connectivity index (χ4v) is 2.59. The summed E-state index contributed by atoms with van der Waals surface area (Å²) >= 11 is 0. The molecule has 3 N–H and O–H groups in total. The van der Waals surface area contributed by atoms with Gasteiger partial charge in [0.15, 0.2) is 0 Å². The quantitative estimate of drug-likeness (QED) is 0.618. The normalized spacial score (nSPS) is 12.8. The lowest BCUT2D eigenvalue weighted by Crippen LogP contribution is -2.41. The largest absolute Gasteiger partial charge is 0.480 e. The molecule has 0 heterocycles. The van der Waals surface area contributed by atoms with Crippen molar-refractivity contribution in [2.24, 2.45) is 5.92 Å². The predicted molar refractivity (Wildman–Crippen MR) is 91.1 cm³/mol. The Bertz CT molecular complexity index is 668. The molecule has 1 aromatic carbocycles. The van der Waals surface area contributed by atoms with E-state index in [1.54, 1.807) is 31.2 Å². The van der Waals surface area contributed by atoms with Gasteiger partial charge >= 0.3 is 5.97 Å². The van der Waals surface area contributed by atoms with Gasteiger partial charge in [0.2, 0.25) is 10.0 Å². The number of rotatable bonds is 9. The van der Waals surface area contributed by atoms with E-state index in [9.17, 15) is 18.0 Å². The fourth-order valence-electron chi connectivity index (χ4n) is 2.00. The van der Waals surface area contributed by atoms with E-state index in [1.807, 2.05) is 13.8 Å². The zero-order valence-corrected chi connectivity index (χ0v) is 14.9. The number of hydrogen-bond donors (Lipinski definition) is 3. The summed E-state index contributed by atoms with van der Waals surface area (Å²) in [4.78, 5) is 23.3. The minimum absolute atomic E-state index is 0.0000818. The van der Waals surface area contributed by atoms with Gasteiger partial charge < -0.3 is 10.4 Å². The summed E-state index contributed by atoms with van der Waals surface area (Å²) in [5.74, 6) is -1.40. The number of carboxylic acids is 1. The molecule has 0 aliphatic rings. The molecule has 0 saturated heterocycles. The standard InChI is InChI=1S/C16H24N2O5S/c1-4-24(22,23)17-10-12-5-7-13(8-6-12)15(19)18-14(16(20)21)9-11(2)3/h5-8,11,14,17H,4,9-10H2,1-3H3,(H,18,19)(H,20,21)/t14-/m0/s1. The predicted octanol–water partition coefficient (Wildman–Crippen LogP) is 1.35. The second kappa shape index (κ2) is 8.79. The number of nitrogens with one attached hydrogen (secondary N) is 2. The third-order valence-electron chi connectivity index (χ3n) is 3.40. The van der Waals surface area contributed by atoms with Crippen molar-refractivity contribution in [2.45, 2.75) is 39.8 Å². The van der Waals surface area contributed by atoms with E-state index in [0.717, 1.165) is 0 Å². The molecule has 134 valence electrons. The van der Waals surface area contributed by atoms with E-state index in [0.29, 0.717) is 17.5 Å². The highest BCUT2D eigenvalue weighted by molar-refractivity contribution is 7.89. The molecule has 1 rings (SSSR count). The minimum atomic E-state index is -3.28. The molecule has 8 heteroatoms. The maximum atomic E-state index is 12.1. The zero-order valence-electron chi connectivity index (χ0n) is 14.1. The van der Waals surface area contributed by atoms with Crippen LogP contribution in [0.3, 0.4) is 0 Å². The summed E-state index contributed by atoms with van der Waals surface area (Å²) in [7, 11) is -3.28. The van der Waals surface area contributed by atoms with Gasteiger partial charge in [-0.1, -0.05) is 26.0 Å². The van der Waals surface area contributed by atoms with Crippen molar-refractivity contribution in [1.29, 1.82) is 0 Å². The third kappa shape index (κ3) is 6.67. The van der Waals surface area contributed by atoms with Crippen LogP contribution in [0.15, 0.2) is 24.3 Å². The second-order valence-electron chi connectivity index (χ2n) is 5.92. The molecule has 0 radical (unpaired) electrons. The van der Waals surface area contributed by atoms with Crippen molar-refractivity contribution in [3.63, 3.8) is 0 Å². The maximum absolute atomic E-state index is 12.1. The van der Waals surface area contributed by atoms with Gasteiger partial charge in [-0.2, -0.15) is 0 Å². The highest BCUT2D eigenvalue weighted by Crippen LogP contribution is 2.08. The molecule has 0 aliphatic heterocycles. The van der Waals surface area contributed by atoms with E-state index in [-0.39, 0.29) is 18.2 Å². The van der Waals surface area contributed by atoms with Gasteiger partial charge in [-0.3, -0.25) is 4.79 Å². The summed E-state index contributed by atoms with van der Waals surface area (Å²) in [5.41, 5.74) is 1.03. The smallest absolute Gasteiger partial charge is 0.326 e. The average molecular weight is 356 g/mol. The summed E-state index contributed by atoms with van der Waals surface area (Å²) in [6.45, 7) is 5.46. The molecule has 0 aliphatic carbocycles. The molecule has 1 aromatic rings. The van der Waals surface area contributed by atoms with Gasteiger partial charge in [-0.25, -0.2) is 17.9 Å². The number of carbonyl (C=O) groups excluding carboxylic acids is 1. The SMILES string of the molecule is CCS(=O)(=O)NCc1ccc(C(=O)N[C@@H](CC(C)C)C(=O)O)cc1. The van der Waals surface area contributed by atoms with Gasteiger partial charge in [0.25, 0.3) is 5.91 Å². The summed E-state index contributed by atoms with van der Waals surface area (Å²) < 4.78 is 25.2. The van der Waals surface area contributed by atoms with Crippen LogP contribution in [0, 0.1) is 5.92 Å². The van der Waals surface area contributed by atoms with Gasteiger partial charge in [-0.15, -0.1) is 0 Å². The van der Waals surface area contributed by atoms with Crippen molar-refractivity contribution in [2.75, 3.05) is 5.75 Å². The molecule has 24 heavy (non-hydrogen) atoms. The Balaban J connectivity index is 2.70. The first-order valence-corrected chi connectivity index (χ1v) is 9.39. The number of carbonyl (C=O) groups is 2. The van der Waals surface area contributed by atoms with E-state index in [2.05, 4.69) is 10.0 Å². The van der Waals surface area contributed by atoms with Crippen LogP contribution in [0.1, 0.15) is 43.1 Å². The molecule has 0 fully saturated rings. The van der Waals surface area contributed by atoms with Crippen molar-refractivity contribution in [1.82, 2.24) is 10.0 Å². The Hall–Kier alpha value is -1.93. The van der Waals surface area contributed by atoms with Crippen LogP contribution in [-0.2, 0) is 21.4 Å². The number of benzene rings is 1. The first-order valence-electron chi connectivity index (χ1n) is 7.74. The van der Waals surface area contributed by atoms with Gasteiger partial charge in [0.05, 0.1) is 5.75 Å². The first kappa shape index (κ1) is 20.1. The lowest BCUT2D eigenvalue weighted by molar-refractivity contribution is -0.139. The molecule has 1 amide bonds. The Morgan fingerprint density at radius 3 is 2.21 bits per heavy atom. The molecular weight excluding hydrogens is 332 g/mol. The Kier molecular flexibility index (Phi) is 7.37. The average Bonchev–Trinajstić information content (AvgIpc) is 2.52. The summed E-state index contributed by atoms with van der Waals surface area (Å²) in [5, 5.41) is 11.7. The van der Waals surface area contributed by atoms with Crippen LogP contribution < -0.4 is 10.0 Å². The monoisotopic (exact) mass is 356 g/mol.